The molecule has 0 unspecified atom stereocenters. The summed E-state index contributed by atoms with van der Waals surface area (Å²) in [5.41, 5.74) is 0.603. The maximum Gasteiger partial charge on any atom is 0.259 e. The van der Waals surface area contributed by atoms with E-state index in [1.165, 1.54) is 29.4 Å². The number of aromatic hydroxyl groups is 1. The number of carbonyl (C=O) groups is 2. The fraction of sp³-hybridized carbons (Fsp3) is 0.263. The van der Waals surface area contributed by atoms with Crippen molar-refractivity contribution in [3.8, 4) is 5.75 Å². The quantitative estimate of drug-likeness (QED) is 0.736. The average Bonchev–Trinajstić information content (AvgIpc) is 2.69. The Morgan fingerprint density at radius 1 is 1.11 bits per heavy atom. The zero-order valence-electron chi connectivity index (χ0n) is 15.2. The molecule has 2 aromatic rings. The lowest BCUT2D eigenvalue weighted by atomic mass is 10.1. The van der Waals surface area contributed by atoms with Gasteiger partial charge in [-0.3, -0.25) is 9.59 Å². The van der Waals surface area contributed by atoms with E-state index in [1.807, 2.05) is 0 Å². The smallest absolute Gasteiger partial charge is 0.259 e. The molecule has 0 aromatic heterocycles. The van der Waals surface area contributed by atoms with E-state index in [1.54, 1.807) is 18.2 Å². The number of hydrogen-bond donors (Lipinski definition) is 2. The largest absolute Gasteiger partial charge is 0.507 e. The molecule has 1 aliphatic rings. The summed E-state index contributed by atoms with van der Waals surface area (Å²) in [7, 11) is -3.81. The summed E-state index contributed by atoms with van der Waals surface area (Å²) in [5.74, 6) is -1.18. The van der Waals surface area contributed by atoms with Crippen LogP contribution in [0.1, 0.15) is 27.6 Å². The van der Waals surface area contributed by atoms with Gasteiger partial charge >= 0.3 is 0 Å². The Labute approximate surface area is 162 Å². The SMILES string of the molecule is CC(=O)c1cccc(NC(=O)c2cc(S(=O)(=O)N3CCOCC3)ccc2O)c1. The molecule has 1 amide bonds. The van der Waals surface area contributed by atoms with Gasteiger partial charge in [-0.1, -0.05) is 12.1 Å². The van der Waals surface area contributed by atoms with E-state index in [4.69, 9.17) is 4.74 Å². The second-order valence-corrected chi connectivity index (χ2v) is 8.22. The minimum atomic E-state index is -3.81. The molecule has 9 heteroatoms. The van der Waals surface area contributed by atoms with Crippen LogP contribution in [0.25, 0.3) is 0 Å². The summed E-state index contributed by atoms with van der Waals surface area (Å²) in [6.45, 7) is 2.46. The van der Waals surface area contributed by atoms with Gasteiger partial charge in [-0.05, 0) is 37.3 Å². The van der Waals surface area contributed by atoms with Crippen molar-refractivity contribution >= 4 is 27.4 Å². The van der Waals surface area contributed by atoms with E-state index in [2.05, 4.69) is 5.32 Å². The van der Waals surface area contributed by atoms with Crippen molar-refractivity contribution in [3.63, 3.8) is 0 Å². The Kier molecular flexibility index (Phi) is 5.78. The molecule has 0 aliphatic carbocycles. The summed E-state index contributed by atoms with van der Waals surface area (Å²) < 4.78 is 32.0. The topological polar surface area (TPSA) is 113 Å². The molecule has 1 saturated heterocycles. The van der Waals surface area contributed by atoms with Gasteiger partial charge in [0, 0.05) is 24.3 Å². The zero-order chi connectivity index (χ0) is 20.3. The van der Waals surface area contributed by atoms with Gasteiger partial charge in [0.1, 0.15) is 5.75 Å². The van der Waals surface area contributed by atoms with Gasteiger partial charge in [-0.25, -0.2) is 8.42 Å². The predicted octanol–water partition coefficient (Wildman–Crippen LogP) is 1.87. The molecule has 0 saturated carbocycles. The monoisotopic (exact) mass is 404 g/mol. The van der Waals surface area contributed by atoms with Crippen LogP contribution in [0, 0.1) is 0 Å². The van der Waals surface area contributed by atoms with Crippen LogP contribution in [0.3, 0.4) is 0 Å². The number of hydrogen-bond acceptors (Lipinski definition) is 6. The third kappa shape index (κ3) is 4.22. The highest BCUT2D eigenvalue weighted by molar-refractivity contribution is 7.89. The van der Waals surface area contributed by atoms with Gasteiger partial charge < -0.3 is 15.2 Å². The van der Waals surface area contributed by atoms with E-state index < -0.39 is 15.9 Å². The lowest BCUT2D eigenvalue weighted by Crippen LogP contribution is -2.40. The highest BCUT2D eigenvalue weighted by atomic mass is 32.2. The van der Waals surface area contributed by atoms with Crippen molar-refractivity contribution in [1.29, 1.82) is 0 Å². The fourth-order valence-corrected chi connectivity index (χ4v) is 4.24. The van der Waals surface area contributed by atoms with E-state index in [9.17, 15) is 23.1 Å². The first-order chi connectivity index (χ1) is 13.3. The van der Waals surface area contributed by atoms with Gasteiger partial charge in [0.05, 0.1) is 23.7 Å². The van der Waals surface area contributed by atoms with Gasteiger partial charge in [0.15, 0.2) is 5.78 Å². The van der Waals surface area contributed by atoms with Crippen LogP contribution in [0.5, 0.6) is 5.75 Å². The number of carbonyl (C=O) groups excluding carboxylic acids is 2. The highest BCUT2D eigenvalue weighted by Gasteiger charge is 2.27. The van der Waals surface area contributed by atoms with E-state index in [0.29, 0.717) is 24.5 Å². The Morgan fingerprint density at radius 2 is 1.82 bits per heavy atom. The maximum atomic E-state index is 12.8. The van der Waals surface area contributed by atoms with Gasteiger partial charge in [-0.15, -0.1) is 0 Å². The van der Waals surface area contributed by atoms with Gasteiger partial charge in [0.25, 0.3) is 5.91 Å². The Hall–Kier alpha value is -2.75. The van der Waals surface area contributed by atoms with Crippen molar-refractivity contribution in [1.82, 2.24) is 4.31 Å². The highest BCUT2D eigenvalue weighted by Crippen LogP contribution is 2.25. The van der Waals surface area contributed by atoms with Crippen molar-refractivity contribution in [2.45, 2.75) is 11.8 Å². The number of phenols is 1. The second kappa shape index (κ2) is 8.09. The molecule has 8 nitrogen and oxygen atoms in total. The van der Waals surface area contributed by atoms with Crippen molar-refractivity contribution < 1.29 is 27.9 Å². The second-order valence-electron chi connectivity index (χ2n) is 6.29. The summed E-state index contributed by atoms with van der Waals surface area (Å²) in [6, 6.07) is 9.91. The minimum Gasteiger partial charge on any atom is -0.507 e. The number of amides is 1. The fourth-order valence-electron chi connectivity index (χ4n) is 2.81. The molecule has 3 rings (SSSR count). The number of anilines is 1. The molecule has 2 N–H and O–H groups in total. The number of sulfonamides is 1. The van der Waals surface area contributed by atoms with Crippen LogP contribution in [-0.2, 0) is 14.8 Å². The number of nitrogens with zero attached hydrogens (tertiary/aromatic N) is 1. The first-order valence-corrected chi connectivity index (χ1v) is 10.1. The predicted molar refractivity (Wildman–Crippen MR) is 102 cm³/mol. The van der Waals surface area contributed by atoms with Crippen LogP contribution < -0.4 is 5.32 Å². The Morgan fingerprint density at radius 3 is 2.50 bits per heavy atom. The molecule has 0 bridgehead atoms. The van der Waals surface area contributed by atoms with Crippen LogP contribution >= 0.6 is 0 Å². The Bertz CT molecular complexity index is 1010. The number of nitrogens with one attached hydrogen (secondary N) is 1. The number of rotatable bonds is 5. The first kappa shape index (κ1) is 20.0. The summed E-state index contributed by atoms with van der Waals surface area (Å²) in [5, 5.41) is 12.6. The molecule has 2 aromatic carbocycles. The number of ketones is 1. The van der Waals surface area contributed by atoms with E-state index >= 15 is 0 Å². The molecule has 148 valence electrons. The molecule has 1 heterocycles. The maximum absolute atomic E-state index is 12.8. The van der Waals surface area contributed by atoms with Gasteiger partial charge in [0.2, 0.25) is 10.0 Å². The molecule has 0 radical (unpaired) electrons. The number of morpholine rings is 1. The van der Waals surface area contributed by atoms with Crippen molar-refractivity contribution in [2.24, 2.45) is 0 Å². The minimum absolute atomic E-state index is 0.0881. The third-order valence-electron chi connectivity index (χ3n) is 4.35. The molecular weight excluding hydrogens is 384 g/mol. The van der Waals surface area contributed by atoms with Crippen LogP contribution in [0.15, 0.2) is 47.4 Å². The van der Waals surface area contributed by atoms with E-state index in [0.717, 1.165) is 6.07 Å². The molecule has 1 aliphatic heterocycles. The number of phenolic OH excluding ortho intramolecular Hbond substituents is 1. The molecule has 1 fully saturated rings. The molecule has 28 heavy (non-hydrogen) atoms. The zero-order valence-corrected chi connectivity index (χ0v) is 16.0. The summed E-state index contributed by atoms with van der Waals surface area (Å²) in [4.78, 5) is 24.0. The number of Topliss-reactive ketones (excluding diaryl/α,β-unsaturated/α-hetero) is 1. The van der Waals surface area contributed by atoms with Crippen LogP contribution in [0.4, 0.5) is 5.69 Å². The average molecular weight is 404 g/mol. The van der Waals surface area contributed by atoms with Crippen molar-refractivity contribution in [2.75, 3.05) is 31.6 Å². The number of ether oxygens (including phenoxy) is 1. The molecular formula is C19H20N2O6S. The first-order valence-electron chi connectivity index (χ1n) is 8.62. The summed E-state index contributed by atoms with van der Waals surface area (Å²) in [6.07, 6.45) is 0. The normalized spacial score (nSPS) is 15.2. The van der Waals surface area contributed by atoms with Crippen LogP contribution in [0.2, 0.25) is 0 Å². The van der Waals surface area contributed by atoms with Crippen LogP contribution in [-0.4, -0.2) is 55.8 Å². The Balaban J connectivity index is 1.88. The summed E-state index contributed by atoms with van der Waals surface area (Å²) >= 11 is 0. The lowest BCUT2D eigenvalue weighted by Gasteiger charge is -2.26. The van der Waals surface area contributed by atoms with Crippen molar-refractivity contribution in [3.05, 3.63) is 53.6 Å². The number of benzene rings is 2. The lowest BCUT2D eigenvalue weighted by molar-refractivity contribution is 0.0730. The molecule has 0 spiro atoms. The standard InChI is InChI=1S/C19H20N2O6S/c1-13(22)14-3-2-4-15(11-14)20-19(24)17-12-16(5-6-18(17)23)28(25,26)21-7-9-27-10-8-21/h2-6,11-12,23H,7-10H2,1H3,(H,20,24). The van der Waals surface area contributed by atoms with Gasteiger partial charge in [-0.2, -0.15) is 4.31 Å². The van der Waals surface area contributed by atoms with E-state index in [-0.39, 0.29) is 35.1 Å². The third-order valence-corrected chi connectivity index (χ3v) is 6.24. The molecule has 0 atom stereocenters.